The molecule has 2 aromatic rings. The van der Waals surface area contributed by atoms with Crippen LogP contribution in [0.25, 0.3) is 0 Å². The van der Waals surface area contributed by atoms with Crippen molar-refractivity contribution in [2.45, 2.75) is 37.6 Å². The van der Waals surface area contributed by atoms with E-state index in [4.69, 9.17) is 0 Å². The summed E-state index contributed by atoms with van der Waals surface area (Å²) in [6.45, 7) is 5.55. The molecule has 1 aromatic heterocycles. The number of hydrogen-bond acceptors (Lipinski definition) is 3. The first-order valence-electron chi connectivity index (χ1n) is 6.57. The number of hydrogen-bond donors (Lipinski definition) is 1. The van der Waals surface area contributed by atoms with Crippen molar-refractivity contribution in [1.29, 1.82) is 0 Å². The average Bonchev–Trinajstić information content (AvgIpc) is 2.38. The van der Waals surface area contributed by atoms with Crippen molar-refractivity contribution in [3.63, 3.8) is 0 Å². The van der Waals surface area contributed by atoms with Gasteiger partial charge >= 0.3 is 0 Å². The second-order valence-corrected chi connectivity index (χ2v) is 6.55. The standard InChI is InChI=1S/C15H16F2N2OS/c1-8(2)21-15-18-13(9(3)14(20)19-15)7-10-11(16)5-4-6-12(10)17/h4-6,8H,7H2,1-3H3,(H,18,19,20). The van der Waals surface area contributed by atoms with Crippen LogP contribution in [0.3, 0.4) is 0 Å². The molecule has 3 nitrogen and oxygen atoms in total. The zero-order valence-electron chi connectivity index (χ0n) is 12.0. The summed E-state index contributed by atoms with van der Waals surface area (Å²) in [6, 6.07) is 3.71. The Morgan fingerprint density at radius 2 is 1.90 bits per heavy atom. The molecule has 112 valence electrons. The molecule has 1 heterocycles. The van der Waals surface area contributed by atoms with Crippen LogP contribution < -0.4 is 5.56 Å². The highest BCUT2D eigenvalue weighted by atomic mass is 32.2. The predicted molar refractivity (Wildman–Crippen MR) is 79.8 cm³/mol. The number of nitrogens with zero attached hydrogens (tertiary/aromatic N) is 1. The quantitative estimate of drug-likeness (QED) is 0.695. The fraction of sp³-hybridized carbons (Fsp3) is 0.333. The number of thioether (sulfide) groups is 1. The number of benzene rings is 1. The molecule has 0 spiro atoms. The molecule has 21 heavy (non-hydrogen) atoms. The Morgan fingerprint density at radius 1 is 1.29 bits per heavy atom. The molecule has 0 fully saturated rings. The first-order valence-corrected chi connectivity index (χ1v) is 7.45. The van der Waals surface area contributed by atoms with Gasteiger partial charge in [-0.2, -0.15) is 0 Å². The topological polar surface area (TPSA) is 45.8 Å². The maximum absolute atomic E-state index is 13.7. The largest absolute Gasteiger partial charge is 0.301 e. The average molecular weight is 310 g/mol. The zero-order valence-corrected chi connectivity index (χ0v) is 12.9. The minimum absolute atomic E-state index is 0.0418. The van der Waals surface area contributed by atoms with E-state index in [9.17, 15) is 13.6 Å². The van der Waals surface area contributed by atoms with Crippen LogP contribution in [0.2, 0.25) is 0 Å². The van der Waals surface area contributed by atoms with E-state index >= 15 is 0 Å². The Kier molecular flexibility index (Phi) is 4.77. The number of rotatable bonds is 4. The van der Waals surface area contributed by atoms with E-state index in [2.05, 4.69) is 9.97 Å². The lowest BCUT2D eigenvalue weighted by molar-refractivity contribution is 0.559. The van der Waals surface area contributed by atoms with Crippen molar-refractivity contribution in [2.24, 2.45) is 0 Å². The fourth-order valence-corrected chi connectivity index (χ4v) is 2.64. The van der Waals surface area contributed by atoms with E-state index in [1.807, 2.05) is 13.8 Å². The van der Waals surface area contributed by atoms with Gasteiger partial charge < -0.3 is 4.98 Å². The smallest absolute Gasteiger partial charge is 0.254 e. The summed E-state index contributed by atoms with van der Waals surface area (Å²) in [5.74, 6) is -1.26. The van der Waals surface area contributed by atoms with Gasteiger partial charge in [-0.15, -0.1) is 0 Å². The maximum atomic E-state index is 13.7. The zero-order chi connectivity index (χ0) is 15.6. The lowest BCUT2D eigenvalue weighted by Gasteiger charge is -2.10. The maximum Gasteiger partial charge on any atom is 0.254 e. The van der Waals surface area contributed by atoms with Crippen molar-refractivity contribution in [1.82, 2.24) is 9.97 Å². The van der Waals surface area contributed by atoms with Crippen LogP contribution in [0.15, 0.2) is 28.2 Å². The molecule has 0 bridgehead atoms. The summed E-state index contributed by atoms with van der Waals surface area (Å²) >= 11 is 1.40. The van der Waals surface area contributed by atoms with E-state index < -0.39 is 11.6 Å². The van der Waals surface area contributed by atoms with Crippen molar-refractivity contribution in [2.75, 3.05) is 0 Å². The molecular weight excluding hydrogens is 294 g/mol. The molecular formula is C15H16F2N2OS. The third-order valence-corrected chi connectivity index (χ3v) is 3.87. The first kappa shape index (κ1) is 15.7. The van der Waals surface area contributed by atoms with Gasteiger partial charge in [-0.3, -0.25) is 4.79 Å². The molecule has 1 N–H and O–H groups in total. The van der Waals surface area contributed by atoms with Crippen molar-refractivity contribution in [3.8, 4) is 0 Å². The van der Waals surface area contributed by atoms with Gasteiger partial charge in [0.1, 0.15) is 11.6 Å². The normalized spacial score (nSPS) is 11.1. The van der Waals surface area contributed by atoms with Crippen molar-refractivity contribution >= 4 is 11.8 Å². The number of H-pyrrole nitrogens is 1. The molecule has 0 aliphatic carbocycles. The summed E-state index contributed by atoms with van der Waals surface area (Å²) in [5.41, 5.74) is 0.427. The predicted octanol–water partition coefficient (Wildman–Crippen LogP) is 3.45. The molecule has 2 rings (SSSR count). The van der Waals surface area contributed by atoms with Gasteiger partial charge in [0.05, 0.1) is 5.69 Å². The lowest BCUT2D eigenvalue weighted by Crippen LogP contribution is -2.17. The molecule has 0 aliphatic rings. The molecule has 0 saturated heterocycles. The Labute approximate surface area is 125 Å². The van der Waals surface area contributed by atoms with E-state index in [0.29, 0.717) is 16.4 Å². The highest BCUT2D eigenvalue weighted by molar-refractivity contribution is 7.99. The van der Waals surface area contributed by atoms with Crippen molar-refractivity contribution in [3.05, 3.63) is 57.0 Å². The number of nitrogens with one attached hydrogen (secondary N) is 1. The molecule has 0 radical (unpaired) electrons. The SMILES string of the molecule is Cc1c(Cc2c(F)cccc2F)nc(SC(C)C)[nH]c1=O. The van der Waals surface area contributed by atoms with Gasteiger partial charge in [-0.1, -0.05) is 31.7 Å². The highest BCUT2D eigenvalue weighted by Gasteiger charge is 2.14. The van der Waals surface area contributed by atoms with Crippen LogP contribution in [-0.2, 0) is 6.42 Å². The van der Waals surface area contributed by atoms with E-state index in [1.54, 1.807) is 6.92 Å². The van der Waals surface area contributed by atoms with Gasteiger partial charge in [-0.05, 0) is 19.1 Å². The molecule has 0 saturated carbocycles. The highest BCUT2D eigenvalue weighted by Crippen LogP contribution is 2.21. The first-order chi connectivity index (χ1) is 9.88. The Balaban J connectivity index is 2.44. The molecule has 0 atom stereocenters. The molecule has 0 unspecified atom stereocenters. The molecule has 0 aliphatic heterocycles. The Hall–Kier alpha value is -1.69. The van der Waals surface area contributed by atoms with E-state index in [1.165, 1.54) is 30.0 Å². The summed E-state index contributed by atoms with van der Waals surface area (Å²) in [6.07, 6.45) is -0.0418. The number of halogens is 2. The summed E-state index contributed by atoms with van der Waals surface area (Å²) in [5, 5.41) is 0.709. The van der Waals surface area contributed by atoms with Gasteiger partial charge in [0.15, 0.2) is 5.16 Å². The van der Waals surface area contributed by atoms with Gasteiger partial charge in [-0.25, -0.2) is 13.8 Å². The minimum atomic E-state index is -0.630. The number of aromatic nitrogens is 2. The van der Waals surface area contributed by atoms with Crippen LogP contribution >= 0.6 is 11.8 Å². The van der Waals surface area contributed by atoms with Crippen molar-refractivity contribution < 1.29 is 8.78 Å². The molecule has 1 aromatic carbocycles. The Bertz CT molecular complexity index is 693. The second kappa shape index (κ2) is 6.39. The third-order valence-electron chi connectivity index (χ3n) is 2.98. The monoisotopic (exact) mass is 310 g/mol. The second-order valence-electron chi connectivity index (χ2n) is 4.99. The van der Waals surface area contributed by atoms with E-state index in [-0.39, 0.29) is 22.8 Å². The molecule has 6 heteroatoms. The number of aromatic amines is 1. The van der Waals surface area contributed by atoms with Gasteiger partial charge in [0, 0.05) is 22.8 Å². The minimum Gasteiger partial charge on any atom is -0.301 e. The van der Waals surface area contributed by atoms with E-state index in [0.717, 1.165) is 0 Å². The Morgan fingerprint density at radius 3 is 2.48 bits per heavy atom. The summed E-state index contributed by atoms with van der Waals surface area (Å²) in [4.78, 5) is 18.9. The lowest BCUT2D eigenvalue weighted by atomic mass is 10.1. The summed E-state index contributed by atoms with van der Waals surface area (Å²) in [7, 11) is 0. The van der Waals surface area contributed by atoms with Crippen LogP contribution in [0.5, 0.6) is 0 Å². The molecule has 0 amide bonds. The van der Waals surface area contributed by atoms with Gasteiger partial charge in [0.25, 0.3) is 5.56 Å². The van der Waals surface area contributed by atoms with Crippen LogP contribution in [0.4, 0.5) is 8.78 Å². The van der Waals surface area contributed by atoms with Crippen LogP contribution in [0, 0.1) is 18.6 Å². The third kappa shape index (κ3) is 3.69. The fourth-order valence-electron chi connectivity index (χ4n) is 1.88. The van der Waals surface area contributed by atoms with Crippen LogP contribution in [-0.4, -0.2) is 15.2 Å². The van der Waals surface area contributed by atoms with Gasteiger partial charge in [0.2, 0.25) is 0 Å². The van der Waals surface area contributed by atoms with Crippen LogP contribution in [0.1, 0.15) is 30.7 Å². The summed E-state index contributed by atoms with van der Waals surface area (Å²) < 4.78 is 27.4.